The predicted octanol–water partition coefficient (Wildman–Crippen LogP) is 2.65. The number of hydrogen-bond donors (Lipinski definition) is 1. The van der Waals surface area contributed by atoms with Crippen LogP contribution in [-0.4, -0.2) is 23.1 Å². The first-order valence-corrected chi connectivity index (χ1v) is 6.92. The van der Waals surface area contributed by atoms with Gasteiger partial charge in [0.2, 0.25) is 0 Å². The van der Waals surface area contributed by atoms with Gasteiger partial charge in [0, 0.05) is 12.1 Å². The molecule has 0 aliphatic heterocycles. The molecule has 2 aromatic rings. The monoisotopic (exact) mass is 331 g/mol. The van der Waals surface area contributed by atoms with E-state index in [1.165, 1.54) is 48.5 Å². The van der Waals surface area contributed by atoms with Crippen molar-refractivity contribution in [1.29, 1.82) is 0 Å². The Morgan fingerprint density at radius 2 is 1.83 bits per heavy atom. The minimum absolute atomic E-state index is 0.0247. The molecule has 0 aliphatic carbocycles. The fourth-order valence-electron chi connectivity index (χ4n) is 1.75. The number of nitro groups is 1. The number of nitrogens with zero attached hydrogens (tertiary/aromatic N) is 2. The summed E-state index contributed by atoms with van der Waals surface area (Å²) in [5, 5.41) is 14.5. The highest BCUT2D eigenvalue weighted by Crippen LogP contribution is 2.12. The number of carbonyl (C=O) groups is 1. The highest BCUT2D eigenvalue weighted by Gasteiger charge is 2.06. The molecule has 1 amide bonds. The third kappa shape index (κ3) is 4.87. The van der Waals surface area contributed by atoms with Gasteiger partial charge in [-0.1, -0.05) is 0 Å². The SMILES string of the molecule is C/C(=N\NC(=O)COc1ccc(F)cc1)c1ccc([N+](=O)[O-])cc1. The van der Waals surface area contributed by atoms with Crippen molar-refractivity contribution in [3.63, 3.8) is 0 Å². The number of hydrogen-bond acceptors (Lipinski definition) is 5. The smallest absolute Gasteiger partial charge is 0.277 e. The van der Waals surface area contributed by atoms with Gasteiger partial charge in [-0.2, -0.15) is 5.10 Å². The van der Waals surface area contributed by atoms with Crippen molar-refractivity contribution >= 4 is 17.3 Å². The Labute approximate surface area is 136 Å². The maximum atomic E-state index is 12.7. The van der Waals surface area contributed by atoms with Crippen LogP contribution in [0.15, 0.2) is 53.6 Å². The Hall–Kier alpha value is -3.29. The number of non-ortho nitro benzene ring substituents is 1. The molecule has 124 valence electrons. The van der Waals surface area contributed by atoms with E-state index in [-0.39, 0.29) is 12.3 Å². The molecule has 0 saturated heterocycles. The van der Waals surface area contributed by atoms with E-state index in [9.17, 15) is 19.3 Å². The van der Waals surface area contributed by atoms with E-state index in [4.69, 9.17) is 4.74 Å². The Balaban J connectivity index is 1.87. The molecule has 8 heteroatoms. The van der Waals surface area contributed by atoms with Crippen LogP contribution >= 0.6 is 0 Å². The van der Waals surface area contributed by atoms with Crippen molar-refractivity contribution in [2.24, 2.45) is 5.10 Å². The molecule has 0 atom stereocenters. The van der Waals surface area contributed by atoms with E-state index in [1.54, 1.807) is 6.92 Å². The molecule has 0 fully saturated rings. The van der Waals surface area contributed by atoms with Gasteiger partial charge >= 0.3 is 0 Å². The average molecular weight is 331 g/mol. The standard InChI is InChI=1S/C16H14FN3O4/c1-11(12-2-6-14(7-3-12)20(22)23)18-19-16(21)10-24-15-8-4-13(17)5-9-15/h2-9H,10H2,1H3,(H,19,21)/b18-11+. The maximum Gasteiger partial charge on any atom is 0.277 e. The van der Waals surface area contributed by atoms with Gasteiger partial charge in [0.05, 0.1) is 10.6 Å². The summed E-state index contributed by atoms with van der Waals surface area (Å²) in [5.74, 6) is -0.515. The Morgan fingerprint density at radius 3 is 2.42 bits per heavy atom. The molecule has 0 bridgehead atoms. The van der Waals surface area contributed by atoms with Gasteiger partial charge in [-0.25, -0.2) is 9.82 Å². The number of ether oxygens (including phenoxy) is 1. The summed E-state index contributed by atoms with van der Waals surface area (Å²) in [6, 6.07) is 11.1. The number of benzene rings is 2. The van der Waals surface area contributed by atoms with Crippen molar-refractivity contribution < 1.29 is 18.8 Å². The highest BCUT2D eigenvalue weighted by atomic mass is 19.1. The van der Waals surface area contributed by atoms with Crippen LogP contribution in [0, 0.1) is 15.9 Å². The van der Waals surface area contributed by atoms with Crippen molar-refractivity contribution in [3.8, 4) is 5.75 Å². The minimum atomic E-state index is -0.495. The predicted molar refractivity (Wildman–Crippen MR) is 85.3 cm³/mol. The topological polar surface area (TPSA) is 93.8 Å². The molecule has 2 aromatic carbocycles. The fraction of sp³-hybridized carbons (Fsp3) is 0.125. The number of nitrogens with one attached hydrogen (secondary N) is 1. The van der Waals surface area contributed by atoms with E-state index in [1.807, 2.05) is 0 Å². The first kappa shape index (κ1) is 17.1. The van der Waals surface area contributed by atoms with Gasteiger partial charge in [0.25, 0.3) is 11.6 Å². The second-order valence-corrected chi connectivity index (χ2v) is 4.78. The minimum Gasteiger partial charge on any atom is -0.484 e. The lowest BCUT2D eigenvalue weighted by molar-refractivity contribution is -0.384. The molecule has 1 N–H and O–H groups in total. The van der Waals surface area contributed by atoms with Gasteiger partial charge in [-0.05, 0) is 48.9 Å². The van der Waals surface area contributed by atoms with Gasteiger partial charge in [0.1, 0.15) is 11.6 Å². The molecule has 2 rings (SSSR count). The largest absolute Gasteiger partial charge is 0.484 e. The summed E-state index contributed by atoms with van der Waals surface area (Å²) in [6.45, 7) is 1.38. The molecule has 0 spiro atoms. The number of amides is 1. The van der Waals surface area contributed by atoms with Crippen LogP contribution in [0.3, 0.4) is 0 Å². The third-order valence-electron chi connectivity index (χ3n) is 3.03. The average Bonchev–Trinajstić information content (AvgIpc) is 2.59. The molecule has 0 unspecified atom stereocenters. The van der Waals surface area contributed by atoms with E-state index in [2.05, 4.69) is 10.5 Å². The number of carbonyl (C=O) groups excluding carboxylic acids is 1. The molecule has 0 heterocycles. The van der Waals surface area contributed by atoms with Gasteiger partial charge in [-0.15, -0.1) is 0 Å². The van der Waals surface area contributed by atoms with Crippen LogP contribution in [0.2, 0.25) is 0 Å². The van der Waals surface area contributed by atoms with Crippen molar-refractivity contribution in [2.75, 3.05) is 6.61 Å². The van der Waals surface area contributed by atoms with E-state index in [0.29, 0.717) is 17.0 Å². The number of nitro benzene ring substituents is 1. The van der Waals surface area contributed by atoms with Crippen LogP contribution in [0.25, 0.3) is 0 Å². The zero-order valence-electron chi connectivity index (χ0n) is 12.7. The van der Waals surface area contributed by atoms with Crippen molar-refractivity contribution in [1.82, 2.24) is 5.43 Å². The lowest BCUT2D eigenvalue weighted by Gasteiger charge is -2.05. The van der Waals surface area contributed by atoms with Crippen LogP contribution in [-0.2, 0) is 4.79 Å². The number of hydrazone groups is 1. The molecule has 0 aromatic heterocycles. The molecule has 0 saturated carbocycles. The second-order valence-electron chi connectivity index (χ2n) is 4.78. The Bertz CT molecular complexity index is 758. The lowest BCUT2D eigenvalue weighted by Crippen LogP contribution is -2.25. The zero-order chi connectivity index (χ0) is 17.5. The highest BCUT2D eigenvalue weighted by molar-refractivity contribution is 5.99. The number of rotatable bonds is 6. The molecule has 24 heavy (non-hydrogen) atoms. The van der Waals surface area contributed by atoms with Crippen molar-refractivity contribution in [3.05, 3.63) is 70.0 Å². The first-order chi connectivity index (χ1) is 11.5. The first-order valence-electron chi connectivity index (χ1n) is 6.92. The maximum absolute atomic E-state index is 12.7. The quantitative estimate of drug-likeness (QED) is 0.500. The molecule has 0 radical (unpaired) electrons. The van der Waals surface area contributed by atoms with Crippen molar-refractivity contribution in [2.45, 2.75) is 6.92 Å². The number of halogens is 1. The zero-order valence-corrected chi connectivity index (χ0v) is 12.7. The van der Waals surface area contributed by atoms with Gasteiger partial charge in [0.15, 0.2) is 6.61 Å². The molecule has 7 nitrogen and oxygen atoms in total. The Kier molecular flexibility index (Phi) is 5.56. The summed E-state index contributed by atoms with van der Waals surface area (Å²) in [5.41, 5.74) is 3.42. The van der Waals surface area contributed by atoms with Crippen LogP contribution < -0.4 is 10.2 Å². The van der Waals surface area contributed by atoms with E-state index >= 15 is 0 Å². The van der Waals surface area contributed by atoms with Gasteiger partial charge in [-0.3, -0.25) is 14.9 Å². The normalized spacial score (nSPS) is 11.0. The fourth-order valence-corrected chi connectivity index (χ4v) is 1.75. The van der Waals surface area contributed by atoms with Crippen LogP contribution in [0.5, 0.6) is 5.75 Å². The summed E-state index contributed by atoms with van der Waals surface area (Å²) >= 11 is 0. The lowest BCUT2D eigenvalue weighted by atomic mass is 10.1. The molecular weight excluding hydrogens is 317 g/mol. The Morgan fingerprint density at radius 1 is 1.21 bits per heavy atom. The third-order valence-corrected chi connectivity index (χ3v) is 3.03. The molecular formula is C16H14FN3O4. The van der Waals surface area contributed by atoms with E-state index in [0.717, 1.165) is 0 Å². The van der Waals surface area contributed by atoms with Crippen LogP contribution in [0.4, 0.5) is 10.1 Å². The van der Waals surface area contributed by atoms with Crippen LogP contribution in [0.1, 0.15) is 12.5 Å². The summed E-state index contributed by atoms with van der Waals surface area (Å²) in [6.07, 6.45) is 0. The molecule has 0 aliphatic rings. The van der Waals surface area contributed by atoms with E-state index < -0.39 is 16.6 Å². The summed E-state index contributed by atoms with van der Waals surface area (Å²) in [4.78, 5) is 21.7. The second kappa shape index (κ2) is 7.82. The summed E-state index contributed by atoms with van der Waals surface area (Å²) in [7, 11) is 0. The summed E-state index contributed by atoms with van der Waals surface area (Å²) < 4.78 is 17.9. The van der Waals surface area contributed by atoms with Gasteiger partial charge < -0.3 is 4.74 Å².